The number of halogens is 2. The molecule has 34 heavy (non-hydrogen) atoms. The molecule has 1 aliphatic rings. The van der Waals surface area contributed by atoms with Gasteiger partial charge >= 0.3 is 0 Å². The van der Waals surface area contributed by atoms with Crippen molar-refractivity contribution in [1.29, 1.82) is 0 Å². The minimum Gasteiger partial charge on any atom is -0.493 e. The average molecular weight is 467 g/mol. The van der Waals surface area contributed by atoms with E-state index >= 15 is 0 Å². The van der Waals surface area contributed by atoms with Crippen molar-refractivity contribution in [3.8, 4) is 11.5 Å². The first-order valence-electron chi connectivity index (χ1n) is 11.2. The van der Waals surface area contributed by atoms with Crippen LogP contribution in [0.4, 0.5) is 8.78 Å². The minimum atomic E-state index is -0.872. The van der Waals surface area contributed by atoms with Gasteiger partial charge in [0.1, 0.15) is 6.04 Å². The molecule has 0 bridgehead atoms. The zero-order valence-electron chi connectivity index (χ0n) is 19.3. The second-order valence-electron chi connectivity index (χ2n) is 8.41. The summed E-state index contributed by atoms with van der Waals surface area (Å²) in [5.41, 5.74) is 9.52. The Labute approximate surface area is 198 Å². The van der Waals surface area contributed by atoms with Crippen LogP contribution in [-0.2, 0) is 17.6 Å². The van der Waals surface area contributed by atoms with E-state index in [1.54, 1.807) is 20.3 Å². The SMILES string of the molecule is COc1cc2c(cc1OC)C(CCc1ccc(F)c(F)c1)N(C(C(N)=O)c1ccccc1)CC2. The van der Waals surface area contributed by atoms with E-state index in [1.807, 2.05) is 42.5 Å². The van der Waals surface area contributed by atoms with Crippen LogP contribution in [0.5, 0.6) is 11.5 Å². The fourth-order valence-electron chi connectivity index (χ4n) is 4.83. The maximum absolute atomic E-state index is 13.8. The molecule has 0 fully saturated rings. The number of hydrogen-bond acceptors (Lipinski definition) is 4. The quantitative estimate of drug-likeness (QED) is 0.521. The lowest BCUT2D eigenvalue weighted by Crippen LogP contribution is -2.44. The van der Waals surface area contributed by atoms with Crippen LogP contribution in [0, 0.1) is 11.6 Å². The van der Waals surface area contributed by atoms with E-state index in [-0.39, 0.29) is 6.04 Å². The predicted octanol–water partition coefficient (Wildman–Crippen LogP) is 4.74. The molecule has 2 unspecified atom stereocenters. The number of amides is 1. The molecule has 4 rings (SSSR count). The largest absolute Gasteiger partial charge is 0.493 e. The van der Waals surface area contributed by atoms with Gasteiger partial charge in [-0.05, 0) is 65.8 Å². The normalized spacial score (nSPS) is 16.5. The summed E-state index contributed by atoms with van der Waals surface area (Å²) in [4.78, 5) is 14.8. The Morgan fingerprint density at radius 2 is 1.74 bits per heavy atom. The van der Waals surface area contributed by atoms with Crippen molar-refractivity contribution < 1.29 is 23.0 Å². The number of primary amides is 1. The van der Waals surface area contributed by atoms with Crippen molar-refractivity contribution in [3.05, 3.63) is 94.6 Å². The number of rotatable bonds is 8. The smallest absolute Gasteiger partial charge is 0.239 e. The number of carbonyl (C=O) groups is 1. The molecule has 0 radical (unpaired) electrons. The highest BCUT2D eigenvalue weighted by Gasteiger charge is 2.36. The van der Waals surface area contributed by atoms with Crippen molar-refractivity contribution in [2.24, 2.45) is 5.73 Å². The van der Waals surface area contributed by atoms with Gasteiger partial charge in [-0.1, -0.05) is 36.4 Å². The van der Waals surface area contributed by atoms with Crippen molar-refractivity contribution in [1.82, 2.24) is 4.90 Å². The van der Waals surface area contributed by atoms with E-state index in [0.717, 1.165) is 22.8 Å². The Kier molecular flexibility index (Phi) is 7.12. The van der Waals surface area contributed by atoms with Gasteiger partial charge < -0.3 is 15.2 Å². The summed E-state index contributed by atoms with van der Waals surface area (Å²) >= 11 is 0. The number of fused-ring (bicyclic) bond motifs is 1. The van der Waals surface area contributed by atoms with Crippen molar-refractivity contribution in [2.75, 3.05) is 20.8 Å². The first-order chi connectivity index (χ1) is 16.4. The number of nitrogens with zero attached hydrogens (tertiary/aromatic N) is 1. The van der Waals surface area contributed by atoms with E-state index in [4.69, 9.17) is 15.2 Å². The average Bonchev–Trinajstić information content (AvgIpc) is 2.84. The molecule has 7 heteroatoms. The van der Waals surface area contributed by atoms with Crippen LogP contribution in [-0.4, -0.2) is 31.6 Å². The van der Waals surface area contributed by atoms with Crippen LogP contribution in [0.3, 0.4) is 0 Å². The first-order valence-corrected chi connectivity index (χ1v) is 11.2. The summed E-state index contributed by atoms with van der Waals surface area (Å²) in [7, 11) is 3.18. The topological polar surface area (TPSA) is 64.8 Å². The van der Waals surface area contributed by atoms with Gasteiger partial charge in [0.2, 0.25) is 5.91 Å². The van der Waals surface area contributed by atoms with Crippen molar-refractivity contribution >= 4 is 5.91 Å². The molecule has 3 aromatic carbocycles. The monoisotopic (exact) mass is 466 g/mol. The van der Waals surface area contributed by atoms with Crippen LogP contribution in [0.15, 0.2) is 60.7 Å². The summed E-state index contributed by atoms with van der Waals surface area (Å²) < 4.78 is 38.3. The highest BCUT2D eigenvalue weighted by molar-refractivity contribution is 5.81. The summed E-state index contributed by atoms with van der Waals surface area (Å²) in [6.45, 7) is 0.605. The molecule has 1 heterocycles. The lowest BCUT2D eigenvalue weighted by molar-refractivity contribution is -0.124. The Bertz CT molecular complexity index is 1170. The second-order valence-corrected chi connectivity index (χ2v) is 8.41. The molecule has 2 atom stereocenters. The van der Waals surface area contributed by atoms with Gasteiger partial charge in [-0.15, -0.1) is 0 Å². The number of ether oxygens (including phenoxy) is 2. The third kappa shape index (κ3) is 4.75. The van der Waals surface area contributed by atoms with E-state index in [0.29, 0.717) is 42.9 Å². The van der Waals surface area contributed by atoms with E-state index < -0.39 is 23.6 Å². The Balaban J connectivity index is 1.75. The maximum atomic E-state index is 13.8. The van der Waals surface area contributed by atoms with Crippen molar-refractivity contribution in [3.63, 3.8) is 0 Å². The number of carbonyl (C=O) groups excluding carboxylic acids is 1. The molecule has 3 aromatic rings. The molecule has 1 amide bonds. The molecule has 178 valence electrons. The molecule has 2 N–H and O–H groups in total. The van der Waals surface area contributed by atoms with Crippen LogP contribution in [0.25, 0.3) is 0 Å². The Hall–Kier alpha value is -3.45. The summed E-state index contributed by atoms with van der Waals surface area (Å²) in [6.07, 6.45) is 1.77. The van der Waals surface area contributed by atoms with E-state index in [1.165, 1.54) is 6.07 Å². The molecular weight excluding hydrogens is 438 g/mol. The number of nitrogens with two attached hydrogens (primary N) is 1. The highest BCUT2D eigenvalue weighted by atomic mass is 19.2. The Morgan fingerprint density at radius 1 is 1.03 bits per heavy atom. The molecule has 0 spiro atoms. The molecule has 0 saturated carbocycles. The molecular formula is C27H28F2N2O3. The van der Waals surface area contributed by atoms with Crippen molar-refractivity contribution in [2.45, 2.75) is 31.3 Å². The van der Waals surface area contributed by atoms with Gasteiger partial charge in [0.25, 0.3) is 0 Å². The first kappa shape index (κ1) is 23.7. The van der Waals surface area contributed by atoms with Gasteiger partial charge in [-0.2, -0.15) is 0 Å². The van der Waals surface area contributed by atoms with Crippen LogP contribution >= 0.6 is 0 Å². The lowest BCUT2D eigenvalue weighted by atomic mass is 9.86. The zero-order chi connectivity index (χ0) is 24.2. The lowest BCUT2D eigenvalue weighted by Gasteiger charge is -2.41. The number of benzene rings is 3. The van der Waals surface area contributed by atoms with Crippen LogP contribution in [0.2, 0.25) is 0 Å². The van der Waals surface area contributed by atoms with Gasteiger partial charge in [0, 0.05) is 12.6 Å². The number of hydrogen-bond donors (Lipinski definition) is 1. The maximum Gasteiger partial charge on any atom is 0.239 e. The standard InChI is InChI=1S/C27H28F2N2O3/c1-33-24-15-19-12-13-31(26(27(30)32)18-6-4-3-5-7-18)23(20(19)16-25(24)34-2)11-9-17-8-10-21(28)22(29)14-17/h3-8,10,14-16,23,26H,9,11-13H2,1-2H3,(H2,30,32). The van der Waals surface area contributed by atoms with Gasteiger partial charge in [0.05, 0.1) is 14.2 Å². The fraction of sp³-hybridized carbons (Fsp3) is 0.296. The van der Waals surface area contributed by atoms with Gasteiger partial charge in [-0.3, -0.25) is 9.69 Å². The molecule has 0 aliphatic carbocycles. The minimum absolute atomic E-state index is 0.200. The summed E-state index contributed by atoms with van der Waals surface area (Å²) in [5.74, 6) is -0.944. The molecule has 0 aromatic heterocycles. The van der Waals surface area contributed by atoms with E-state index in [2.05, 4.69) is 4.90 Å². The number of aryl methyl sites for hydroxylation is 1. The molecule has 0 saturated heterocycles. The summed E-state index contributed by atoms with van der Waals surface area (Å²) in [6, 6.07) is 16.5. The highest BCUT2D eigenvalue weighted by Crippen LogP contribution is 2.43. The van der Waals surface area contributed by atoms with Gasteiger partial charge in [-0.25, -0.2) is 8.78 Å². The second kappa shape index (κ2) is 10.2. The molecule has 1 aliphatic heterocycles. The Morgan fingerprint density at radius 3 is 2.38 bits per heavy atom. The predicted molar refractivity (Wildman–Crippen MR) is 126 cm³/mol. The molecule has 5 nitrogen and oxygen atoms in total. The fourth-order valence-corrected chi connectivity index (χ4v) is 4.83. The zero-order valence-corrected chi connectivity index (χ0v) is 19.3. The number of methoxy groups -OCH3 is 2. The third-order valence-corrected chi connectivity index (χ3v) is 6.45. The third-order valence-electron chi connectivity index (χ3n) is 6.45. The van der Waals surface area contributed by atoms with Crippen LogP contribution in [0.1, 0.15) is 40.8 Å². The van der Waals surface area contributed by atoms with E-state index in [9.17, 15) is 13.6 Å². The van der Waals surface area contributed by atoms with Gasteiger partial charge in [0.15, 0.2) is 23.1 Å². The summed E-state index contributed by atoms with van der Waals surface area (Å²) in [5, 5.41) is 0. The van der Waals surface area contributed by atoms with Crippen LogP contribution < -0.4 is 15.2 Å².